The highest BCUT2D eigenvalue weighted by molar-refractivity contribution is 5.19. The second kappa shape index (κ2) is 1.89. The third-order valence-corrected chi connectivity index (χ3v) is 0.795. The minimum Gasteiger partial charge on any atom is -0.473 e. The molecule has 1 rings (SSSR count). The van der Waals surface area contributed by atoms with E-state index in [0.29, 0.717) is 6.26 Å². The number of nitrogens with one attached hydrogen (secondary N) is 1. The van der Waals surface area contributed by atoms with Gasteiger partial charge in [-0.1, -0.05) is 0 Å². The molecular weight excluding hydrogens is 149 g/mol. The number of hydrogen-bond donors (Lipinski definition) is 0. The van der Waals surface area contributed by atoms with E-state index in [9.17, 15) is 13.2 Å². The SMILES string of the molecule is [NH-]c1nc(C(F)(F)F)co1. The Morgan fingerprint density at radius 2 is 2.10 bits per heavy atom. The van der Waals surface area contributed by atoms with E-state index >= 15 is 0 Å². The molecule has 0 spiro atoms. The molecule has 0 bridgehead atoms. The van der Waals surface area contributed by atoms with Crippen molar-refractivity contribution in [2.75, 3.05) is 0 Å². The minimum atomic E-state index is -4.51. The van der Waals surface area contributed by atoms with E-state index in [1.807, 2.05) is 0 Å². The zero-order chi connectivity index (χ0) is 7.78. The van der Waals surface area contributed by atoms with Crippen LogP contribution in [0.25, 0.3) is 5.73 Å². The average Bonchev–Trinajstić information content (AvgIpc) is 2.11. The first kappa shape index (κ1) is 6.91. The molecule has 0 saturated heterocycles. The molecule has 0 unspecified atom stereocenters. The Morgan fingerprint density at radius 3 is 2.30 bits per heavy atom. The van der Waals surface area contributed by atoms with Gasteiger partial charge in [0.1, 0.15) is 6.01 Å². The first-order valence-corrected chi connectivity index (χ1v) is 2.24. The Kier molecular flexibility index (Phi) is 1.31. The van der Waals surface area contributed by atoms with E-state index in [1.165, 1.54) is 0 Å². The van der Waals surface area contributed by atoms with Crippen molar-refractivity contribution in [2.45, 2.75) is 6.18 Å². The zero-order valence-corrected chi connectivity index (χ0v) is 4.57. The molecular formula is C4H2F3N2O-. The normalized spacial score (nSPS) is 11.9. The van der Waals surface area contributed by atoms with Crippen LogP contribution in [0.2, 0.25) is 0 Å². The molecule has 6 heteroatoms. The van der Waals surface area contributed by atoms with Crippen LogP contribution in [0.3, 0.4) is 0 Å². The quantitative estimate of drug-likeness (QED) is 0.571. The lowest BCUT2D eigenvalue weighted by molar-refractivity contribution is -0.141. The highest BCUT2D eigenvalue weighted by atomic mass is 19.4. The molecule has 0 aliphatic heterocycles. The molecule has 0 amide bonds. The van der Waals surface area contributed by atoms with E-state index < -0.39 is 17.9 Å². The summed E-state index contributed by atoms with van der Waals surface area (Å²) in [7, 11) is 0. The molecule has 1 aromatic rings. The van der Waals surface area contributed by atoms with Gasteiger partial charge in [-0.25, -0.2) is 0 Å². The molecule has 0 atom stereocenters. The van der Waals surface area contributed by atoms with E-state index in [1.54, 1.807) is 0 Å². The standard InChI is InChI=1S/C4H2F3N2O/c5-4(6,7)2-1-10-3(8)9-2/h1H,(H-,8,9)/q-1. The van der Waals surface area contributed by atoms with E-state index in [4.69, 9.17) is 5.73 Å². The van der Waals surface area contributed by atoms with Crippen LogP contribution in [-0.4, -0.2) is 4.98 Å². The largest absolute Gasteiger partial charge is 0.473 e. The summed E-state index contributed by atoms with van der Waals surface area (Å²) in [5, 5.41) is 0. The summed E-state index contributed by atoms with van der Waals surface area (Å²) in [4.78, 5) is 2.76. The van der Waals surface area contributed by atoms with Gasteiger partial charge in [0, 0.05) is 0 Å². The molecule has 10 heavy (non-hydrogen) atoms. The Bertz CT molecular complexity index is 229. The van der Waals surface area contributed by atoms with Gasteiger partial charge < -0.3 is 15.1 Å². The van der Waals surface area contributed by atoms with Gasteiger partial charge in [0.15, 0.2) is 0 Å². The topological polar surface area (TPSA) is 49.8 Å². The predicted octanol–water partition coefficient (Wildman–Crippen LogP) is 2.38. The van der Waals surface area contributed by atoms with Crippen LogP contribution in [0.15, 0.2) is 10.7 Å². The maximum absolute atomic E-state index is 11.6. The van der Waals surface area contributed by atoms with Gasteiger partial charge in [-0.05, 0) is 0 Å². The molecule has 0 aliphatic rings. The van der Waals surface area contributed by atoms with Crippen molar-refractivity contribution in [2.24, 2.45) is 0 Å². The fourth-order valence-corrected chi connectivity index (χ4v) is 0.404. The lowest BCUT2D eigenvalue weighted by Crippen LogP contribution is -2.04. The monoisotopic (exact) mass is 151 g/mol. The summed E-state index contributed by atoms with van der Waals surface area (Å²) in [6.45, 7) is 0. The summed E-state index contributed by atoms with van der Waals surface area (Å²) in [6, 6.07) is -0.729. The summed E-state index contributed by atoms with van der Waals surface area (Å²) < 4.78 is 38.8. The second-order valence-corrected chi connectivity index (χ2v) is 1.54. The average molecular weight is 151 g/mol. The van der Waals surface area contributed by atoms with E-state index in [0.717, 1.165) is 0 Å². The fraction of sp³-hybridized carbons (Fsp3) is 0.250. The number of oxazole rings is 1. The molecule has 0 aliphatic carbocycles. The maximum atomic E-state index is 11.6. The Balaban J connectivity index is 2.96. The van der Waals surface area contributed by atoms with Gasteiger partial charge in [-0.3, -0.25) is 0 Å². The lowest BCUT2D eigenvalue weighted by atomic mass is 10.5. The molecule has 1 heterocycles. The van der Waals surface area contributed by atoms with Crippen LogP contribution < -0.4 is 0 Å². The van der Waals surface area contributed by atoms with Gasteiger partial charge in [0.25, 0.3) is 0 Å². The molecule has 0 radical (unpaired) electrons. The number of hydrogen-bond acceptors (Lipinski definition) is 2. The van der Waals surface area contributed by atoms with Crippen LogP contribution >= 0.6 is 0 Å². The number of aromatic nitrogens is 1. The van der Waals surface area contributed by atoms with E-state index in [-0.39, 0.29) is 0 Å². The van der Waals surface area contributed by atoms with Crippen LogP contribution in [0.1, 0.15) is 5.69 Å². The van der Waals surface area contributed by atoms with Crippen molar-refractivity contribution in [1.29, 1.82) is 0 Å². The third-order valence-electron chi connectivity index (χ3n) is 0.795. The zero-order valence-electron chi connectivity index (χ0n) is 4.57. The van der Waals surface area contributed by atoms with Crippen molar-refractivity contribution in [3.63, 3.8) is 0 Å². The van der Waals surface area contributed by atoms with Crippen molar-refractivity contribution in [3.8, 4) is 0 Å². The highest BCUT2D eigenvalue weighted by Gasteiger charge is 2.29. The molecule has 1 aromatic heterocycles. The van der Waals surface area contributed by atoms with E-state index in [2.05, 4.69) is 9.40 Å². The van der Waals surface area contributed by atoms with Crippen LogP contribution in [0.5, 0.6) is 0 Å². The van der Waals surface area contributed by atoms with Gasteiger partial charge >= 0.3 is 6.18 Å². The number of halogens is 3. The summed E-state index contributed by atoms with van der Waals surface area (Å²) in [6.07, 6.45) is -4.11. The summed E-state index contributed by atoms with van der Waals surface area (Å²) >= 11 is 0. The van der Waals surface area contributed by atoms with Gasteiger partial charge in [-0.2, -0.15) is 13.2 Å². The number of rotatable bonds is 0. The first-order chi connectivity index (χ1) is 4.50. The van der Waals surface area contributed by atoms with Gasteiger partial charge in [0.2, 0.25) is 0 Å². The third kappa shape index (κ3) is 1.20. The molecule has 3 nitrogen and oxygen atoms in total. The van der Waals surface area contributed by atoms with Crippen LogP contribution in [0, 0.1) is 0 Å². The fourth-order valence-electron chi connectivity index (χ4n) is 0.404. The van der Waals surface area contributed by atoms with Crippen molar-refractivity contribution >= 4 is 6.01 Å². The molecule has 0 fully saturated rings. The Labute approximate surface area is 53.6 Å². The van der Waals surface area contributed by atoms with Crippen molar-refractivity contribution in [1.82, 2.24) is 4.98 Å². The van der Waals surface area contributed by atoms with Crippen LogP contribution in [-0.2, 0) is 6.18 Å². The smallest absolute Gasteiger partial charge is 0.415 e. The maximum Gasteiger partial charge on any atom is 0.415 e. The van der Waals surface area contributed by atoms with Gasteiger partial charge in [-0.15, -0.1) is 0 Å². The van der Waals surface area contributed by atoms with Crippen LogP contribution in [0.4, 0.5) is 19.2 Å². The Morgan fingerprint density at radius 1 is 1.50 bits per heavy atom. The minimum absolute atomic E-state index is 0.405. The molecule has 1 N–H and O–H groups in total. The molecule has 56 valence electrons. The number of alkyl halides is 3. The first-order valence-electron chi connectivity index (χ1n) is 2.24. The lowest BCUT2D eigenvalue weighted by Gasteiger charge is -2.02. The van der Waals surface area contributed by atoms with Gasteiger partial charge in [0.05, 0.1) is 12.0 Å². The summed E-state index contributed by atoms with van der Waals surface area (Å²) in [5.74, 6) is 0. The number of nitrogens with zero attached hydrogens (tertiary/aromatic N) is 1. The van der Waals surface area contributed by atoms with Crippen molar-refractivity contribution < 1.29 is 17.6 Å². The molecule has 0 saturated carbocycles. The highest BCUT2D eigenvalue weighted by Crippen LogP contribution is 2.29. The second-order valence-electron chi connectivity index (χ2n) is 1.54. The van der Waals surface area contributed by atoms with Crippen molar-refractivity contribution in [3.05, 3.63) is 17.7 Å². The predicted molar refractivity (Wildman–Crippen MR) is 25.5 cm³/mol. The summed E-state index contributed by atoms with van der Waals surface area (Å²) in [5.41, 5.74) is 5.35. The molecule has 0 aromatic carbocycles. The Hall–Kier alpha value is -1.20.